The van der Waals surface area contributed by atoms with Crippen molar-refractivity contribution in [2.45, 2.75) is 11.8 Å². The minimum absolute atomic E-state index is 0.0122. The minimum Gasteiger partial charge on any atom is -0.478 e. The van der Waals surface area contributed by atoms with Crippen molar-refractivity contribution < 1.29 is 32.6 Å². The van der Waals surface area contributed by atoms with Gasteiger partial charge in [-0.05, 0) is 24.6 Å². The number of benzene rings is 1. The van der Waals surface area contributed by atoms with Gasteiger partial charge in [0, 0.05) is 0 Å². The molecule has 1 aromatic carbocycles. The molecule has 0 aliphatic rings. The lowest BCUT2D eigenvalue weighted by Gasteiger charge is -2.08. The van der Waals surface area contributed by atoms with E-state index in [2.05, 4.69) is 0 Å². The van der Waals surface area contributed by atoms with Crippen molar-refractivity contribution in [1.82, 2.24) is 0 Å². The first kappa shape index (κ1) is 16.5. The molecule has 112 valence electrons. The number of aryl methyl sites for hydroxylation is 1. The van der Waals surface area contributed by atoms with Crippen molar-refractivity contribution in [2.75, 3.05) is 25.6 Å². The molecule has 1 rings (SSSR count). The average molecular weight is 306 g/mol. The molecule has 0 heterocycles. The lowest BCUT2D eigenvalue weighted by Crippen LogP contribution is -2.15. The maximum atomic E-state index is 13.5. The predicted octanol–water partition coefficient (Wildman–Crippen LogP) is 0.615. The summed E-state index contributed by atoms with van der Waals surface area (Å²) in [6, 6.07) is 1.88. The van der Waals surface area contributed by atoms with Gasteiger partial charge in [-0.25, -0.2) is 17.6 Å². The van der Waals surface area contributed by atoms with E-state index in [4.69, 9.17) is 14.9 Å². The summed E-state index contributed by atoms with van der Waals surface area (Å²) in [5.41, 5.74) is -0.736. The van der Waals surface area contributed by atoms with Gasteiger partial charge in [0.2, 0.25) is 0 Å². The van der Waals surface area contributed by atoms with Crippen molar-refractivity contribution in [2.24, 2.45) is 0 Å². The number of carboxylic acid groups (broad SMARTS) is 1. The molecule has 0 aliphatic carbocycles. The number of hydrogen-bond donors (Lipinski definition) is 2. The Balaban J connectivity index is 3.04. The lowest BCUT2D eigenvalue weighted by atomic mass is 10.1. The van der Waals surface area contributed by atoms with E-state index >= 15 is 0 Å². The van der Waals surface area contributed by atoms with Crippen LogP contribution in [0.5, 0.6) is 0 Å². The maximum absolute atomic E-state index is 13.5. The Morgan fingerprint density at radius 3 is 2.55 bits per heavy atom. The third kappa shape index (κ3) is 3.99. The third-order valence-corrected chi connectivity index (χ3v) is 4.21. The summed E-state index contributed by atoms with van der Waals surface area (Å²) in [5, 5.41) is 17.3. The van der Waals surface area contributed by atoms with E-state index in [1.807, 2.05) is 0 Å². The third-order valence-electron chi connectivity index (χ3n) is 2.55. The van der Waals surface area contributed by atoms with Crippen molar-refractivity contribution in [3.8, 4) is 0 Å². The number of carbonyl (C=O) groups is 1. The molecule has 0 radical (unpaired) electrons. The standard InChI is InChI=1S/C12H15FO6S/c1-8-6-9(7-10(11(8)13)12(15)16)20(17,18)5-4-19-3-2-14/h6-7,14H,2-5H2,1H3,(H,15,16). The van der Waals surface area contributed by atoms with Crippen molar-refractivity contribution >= 4 is 15.8 Å². The van der Waals surface area contributed by atoms with Gasteiger partial charge in [0.1, 0.15) is 5.82 Å². The van der Waals surface area contributed by atoms with Crippen LogP contribution in [0, 0.1) is 12.7 Å². The topological polar surface area (TPSA) is 101 Å². The van der Waals surface area contributed by atoms with Crippen LogP contribution in [0.25, 0.3) is 0 Å². The quantitative estimate of drug-likeness (QED) is 0.565. The number of sulfone groups is 1. The van der Waals surface area contributed by atoms with Crippen LogP contribution in [0.1, 0.15) is 15.9 Å². The van der Waals surface area contributed by atoms with Gasteiger partial charge in [-0.15, -0.1) is 0 Å². The minimum atomic E-state index is -3.77. The van der Waals surface area contributed by atoms with Gasteiger partial charge in [0.05, 0.1) is 36.0 Å². The van der Waals surface area contributed by atoms with Gasteiger partial charge in [-0.1, -0.05) is 0 Å². The van der Waals surface area contributed by atoms with Gasteiger partial charge in [-0.2, -0.15) is 0 Å². The monoisotopic (exact) mass is 306 g/mol. The average Bonchev–Trinajstić information content (AvgIpc) is 2.37. The highest BCUT2D eigenvalue weighted by Crippen LogP contribution is 2.20. The Labute approximate surface area is 115 Å². The molecule has 0 saturated carbocycles. The Morgan fingerprint density at radius 2 is 2.00 bits per heavy atom. The van der Waals surface area contributed by atoms with Crippen LogP contribution in [-0.2, 0) is 14.6 Å². The van der Waals surface area contributed by atoms with E-state index < -0.39 is 27.2 Å². The molecule has 0 saturated heterocycles. The number of carboxylic acids is 1. The first-order valence-electron chi connectivity index (χ1n) is 5.74. The van der Waals surface area contributed by atoms with Crippen LogP contribution >= 0.6 is 0 Å². The molecule has 1 aromatic rings. The zero-order valence-electron chi connectivity index (χ0n) is 10.8. The molecule has 0 unspecified atom stereocenters. The van der Waals surface area contributed by atoms with E-state index in [1.54, 1.807) is 0 Å². The molecule has 0 fully saturated rings. The second-order valence-electron chi connectivity index (χ2n) is 4.06. The molecule has 20 heavy (non-hydrogen) atoms. The van der Waals surface area contributed by atoms with Crippen LogP contribution in [0.4, 0.5) is 4.39 Å². The van der Waals surface area contributed by atoms with E-state index in [0.717, 1.165) is 12.1 Å². The number of halogens is 1. The highest BCUT2D eigenvalue weighted by Gasteiger charge is 2.21. The van der Waals surface area contributed by atoms with Crippen LogP contribution in [-0.4, -0.2) is 50.2 Å². The zero-order chi connectivity index (χ0) is 15.3. The molecular formula is C12H15FO6S. The van der Waals surface area contributed by atoms with Crippen LogP contribution in [0.15, 0.2) is 17.0 Å². The van der Waals surface area contributed by atoms with Crippen LogP contribution in [0.3, 0.4) is 0 Å². The van der Waals surface area contributed by atoms with E-state index in [-0.39, 0.29) is 36.0 Å². The summed E-state index contributed by atoms with van der Waals surface area (Å²) >= 11 is 0. The van der Waals surface area contributed by atoms with E-state index in [0.29, 0.717) is 0 Å². The van der Waals surface area contributed by atoms with Gasteiger partial charge in [0.15, 0.2) is 9.84 Å². The number of hydrogen-bond acceptors (Lipinski definition) is 5. The largest absolute Gasteiger partial charge is 0.478 e. The fourth-order valence-corrected chi connectivity index (χ4v) is 2.75. The Hall–Kier alpha value is -1.51. The van der Waals surface area contributed by atoms with Crippen molar-refractivity contribution in [3.05, 3.63) is 29.1 Å². The number of aliphatic hydroxyl groups excluding tert-OH is 1. The fraction of sp³-hybridized carbons (Fsp3) is 0.417. The van der Waals surface area contributed by atoms with Crippen molar-refractivity contribution in [1.29, 1.82) is 0 Å². The van der Waals surface area contributed by atoms with Crippen LogP contribution in [0.2, 0.25) is 0 Å². The van der Waals surface area contributed by atoms with Crippen molar-refractivity contribution in [3.63, 3.8) is 0 Å². The molecule has 6 nitrogen and oxygen atoms in total. The normalized spacial score (nSPS) is 11.6. The Bertz CT molecular complexity index is 596. The molecule has 0 bridgehead atoms. The summed E-state index contributed by atoms with van der Waals surface area (Å²) in [4.78, 5) is 10.6. The molecule has 0 atom stereocenters. The molecule has 0 spiro atoms. The molecule has 0 aromatic heterocycles. The smallest absolute Gasteiger partial charge is 0.338 e. The number of rotatable bonds is 7. The second-order valence-corrected chi connectivity index (χ2v) is 6.17. The summed E-state index contributed by atoms with van der Waals surface area (Å²) in [7, 11) is -3.77. The highest BCUT2D eigenvalue weighted by molar-refractivity contribution is 7.91. The van der Waals surface area contributed by atoms with Gasteiger partial charge < -0.3 is 14.9 Å². The van der Waals surface area contributed by atoms with Gasteiger partial charge in [0.25, 0.3) is 0 Å². The van der Waals surface area contributed by atoms with Gasteiger partial charge >= 0.3 is 5.97 Å². The van der Waals surface area contributed by atoms with E-state index in [9.17, 15) is 17.6 Å². The predicted molar refractivity (Wildman–Crippen MR) is 68.1 cm³/mol. The Morgan fingerprint density at radius 1 is 1.35 bits per heavy atom. The zero-order valence-corrected chi connectivity index (χ0v) is 11.6. The van der Waals surface area contributed by atoms with E-state index in [1.165, 1.54) is 6.92 Å². The summed E-state index contributed by atoms with van der Waals surface area (Å²) in [6.45, 7) is 0.946. The summed E-state index contributed by atoms with van der Waals surface area (Å²) in [6.07, 6.45) is 0. The fourth-order valence-electron chi connectivity index (χ4n) is 1.52. The van der Waals surface area contributed by atoms with Gasteiger partial charge in [-0.3, -0.25) is 0 Å². The highest BCUT2D eigenvalue weighted by atomic mass is 32.2. The molecule has 0 amide bonds. The summed E-state index contributed by atoms with van der Waals surface area (Å²) < 4.78 is 42.3. The molecule has 0 aliphatic heterocycles. The number of ether oxygens (including phenoxy) is 1. The number of aliphatic hydroxyl groups is 1. The summed E-state index contributed by atoms with van der Waals surface area (Å²) in [5.74, 6) is -2.86. The molecular weight excluding hydrogens is 291 g/mol. The lowest BCUT2D eigenvalue weighted by molar-refractivity contribution is 0.0691. The Kier molecular flexibility index (Phi) is 5.61. The molecule has 2 N–H and O–H groups in total. The SMILES string of the molecule is Cc1cc(S(=O)(=O)CCOCCO)cc(C(=O)O)c1F. The second kappa shape index (κ2) is 6.78. The molecule has 8 heteroatoms. The number of aromatic carboxylic acids is 1. The first-order chi connectivity index (χ1) is 9.29. The van der Waals surface area contributed by atoms with Crippen LogP contribution < -0.4 is 0 Å². The maximum Gasteiger partial charge on any atom is 0.338 e. The first-order valence-corrected chi connectivity index (χ1v) is 7.39.